The van der Waals surface area contributed by atoms with Crippen molar-refractivity contribution in [3.63, 3.8) is 0 Å². The summed E-state index contributed by atoms with van der Waals surface area (Å²) in [5, 5.41) is 6.40. The Morgan fingerprint density at radius 2 is 0.710 bits per heavy atom. The summed E-state index contributed by atoms with van der Waals surface area (Å²) in [6, 6.07) is 0. The van der Waals surface area contributed by atoms with Crippen molar-refractivity contribution in [2.75, 3.05) is 26.2 Å². The number of hydrogen-bond donors (Lipinski definition) is 2. The second kappa shape index (κ2) is 21.2. The molecule has 0 amide bonds. The molecule has 0 spiro atoms. The van der Waals surface area contributed by atoms with Crippen LogP contribution < -0.4 is 10.6 Å². The quantitative estimate of drug-likeness (QED) is 0.272. The molecular weight excluding hydrogens is 510 g/mol. The first kappa shape index (κ1) is 30.3. The minimum absolute atomic E-state index is 0. The van der Waals surface area contributed by atoms with E-state index in [1.165, 1.54) is 25.7 Å². The van der Waals surface area contributed by atoms with Crippen molar-refractivity contribution in [1.29, 1.82) is 0 Å². The van der Waals surface area contributed by atoms with Crippen LogP contribution in [0.2, 0.25) is 0 Å². The van der Waals surface area contributed by atoms with Gasteiger partial charge >= 0.3 is 0 Å². The van der Waals surface area contributed by atoms with Crippen LogP contribution in [0.5, 0.6) is 0 Å². The zero-order valence-electron chi connectivity index (χ0n) is 20.3. The largest absolute Gasteiger partial charge is 0.326 e. The topological polar surface area (TPSA) is 73.5 Å². The molecule has 0 bridgehead atoms. The molecule has 0 aromatic heterocycles. The second-order valence-corrected chi connectivity index (χ2v) is 7.40. The molecule has 2 N–H and O–H groups in total. The maximum Gasteiger partial charge on any atom is 0.126 e. The van der Waals surface area contributed by atoms with E-state index in [2.05, 4.69) is 58.3 Å². The Labute approximate surface area is 230 Å². The van der Waals surface area contributed by atoms with E-state index in [9.17, 15) is 0 Å². The van der Waals surface area contributed by atoms with Gasteiger partial charge in [-0.15, -0.1) is 0 Å². The number of unbranched alkanes of at least 4 members (excludes halogenated alkanes) is 4. The molecule has 0 aromatic rings. The standard InChI is InChI=1S/2C12H21N3.Ba/c2*1-3-5-9-13-11-7-8-12(15-11)14-10-6-4-2;/h2*7-8H,3-6,9-10H2,1-2H3,(H,13,14,15);. The fraction of sp³-hybridized carbons (Fsp3) is 0.667. The minimum atomic E-state index is 0. The van der Waals surface area contributed by atoms with Gasteiger partial charge in [0, 0.05) is 75.1 Å². The normalized spacial score (nSPS) is 19.5. The number of rotatable bonds is 12. The summed E-state index contributed by atoms with van der Waals surface area (Å²) < 4.78 is 0. The van der Waals surface area contributed by atoms with Gasteiger partial charge in [0.05, 0.1) is 0 Å². The summed E-state index contributed by atoms with van der Waals surface area (Å²) >= 11 is 0. The van der Waals surface area contributed by atoms with Crippen LogP contribution in [-0.4, -0.2) is 98.4 Å². The molecular formula is C24H42BaN6. The van der Waals surface area contributed by atoms with Crippen LogP contribution >= 0.6 is 0 Å². The van der Waals surface area contributed by atoms with Gasteiger partial charge in [-0.3, -0.25) is 20.0 Å². The number of nitrogens with zero attached hydrogens (tertiary/aromatic N) is 4. The molecule has 0 aromatic carbocycles. The molecule has 0 atom stereocenters. The fourth-order valence-corrected chi connectivity index (χ4v) is 2.54. The predicted molar refractivity (Wildman–Crippen MR) is 139 cm³/mol. The molecule has 2 rings (SSSR count). The summed E-state index contributed by atoms with van der Waals surface area (Å²) in [6.07, 6.45) is 17.4. The Morgan fingerprint density at radius 3 is 0.903 bits per heavy atom. The molecule has 0 saturated carbocycles. The zero-order chi connectivity index (χ0) is 21.9. The Morgan fingerprint density at radius 1 is 0.484 bits per heavy atom. The van der Waals surface area contributed by atoms with Crippen molar-refractivity contribution < 1.29 is 0 Å². The second-order valence-electron chi connectivity index (χ2n) is 7.40. The van der Waals surface area contributed by atoms with Gasteiger partial charge in [-0.1, -0.05) is 53.4 Å². The van der Waals surface area contributed by atoms with Gasteiger partial charge in [0.15, 0.2) is 0 Å². The summed E-state index contributed by atoms with van der Waals surface area (Å²) in [7, 11) is 0. The van der Waals surface area contributed by atoms with Crippen molar-refractivity contribution in [2.24, 2.45) is 20.0 Å². The number of nitrogens with one attached hydrogen (secondary N) is 2. The van der Waals surface area contributed by atoms with E-state index >= 15 is 0 Å². The molecule has 0 unspecified atom stereocenters. The van der Waals surface area contributed by atoms with E-state index in [1.54, 1.807) is 0 Å². The van der Waals surface area contributed by atoms with E-state index in [0.29, 0.717) is 0 Å². The maximum absolute atomic E-state index is 4.43. The van der Waals surface area contributed by atoms with Crippen molar-refractivity contribution in [3.8, 4) is 0 Å². The molecule has 0 aliphatic carbocycles. The maximum atomic E-state index is 4.43. The van der Waals surface area contributed by atoms with Gasteiger partial charge in [0.25, 0.3) is 0 Å². The molecule has 7 heteroatoms. The SMILES string of the molecule is CCCCN=C1C=CC(=NCCCC)N1.CCCCN=C1C=CC(=NCCCC)N1.[Ba]. The molecule has 6 nitrogen and oxygen atoms in total. The smallest absolute Gasteiger partial charge is 0.126 e. The van der Waals surface area contributed by atoms with Crippen LogP contribution in [0.25, 0.3) is 0 Å². The third kappa shape index (κ3) is 15.7. The molecule has 2 radical (unpaired) electrons. The average molecular weight is 552 g/mol. The fourth-order valence-electron chi connectivity index (χ4n) is 2.54. The van der Waals surface area contributed by atoms with Crippen LogP contribution in [-0.2, 0) is 0 Å². The summed E-state index contributed by atoms with van der Waals surface area (Å²) in [6.45, 7) is 12.3. The van der Waals surface area contributed by atoms with Crippen LogP contribution in [0.1, 0.15) is 79.1 Å². The van der Waals surface area contributed by atoms with Crippen LogP contribution in [0.15, 0.2) is 44.3 Å². The summed E-state index contributed by atoms with van der Waals surface area (Å²) in [5.74, 6) is 3.83. The summed E-state index contributed by atoms with van der Waals surface area (Å²) in [5.41, 5.74) is 0. The number of hydrogen-bond acceptors (Lipinski definition) is 4. The van der Waals surface area contributed by atoms with Gasteiger partial charge in [-0.05, 0) is 50.0 Å². The first-order chi connectivity index (χ1) is 14.7. The third-order valence-corrected chi connectivity index (χ3v) is 4.49. The number of aliphatic imine (C=N–C) groups is 4. The van der Waals surface area contributed by atoms with Gasteiger partial charge in [-0.2, -0.15) is 0 Å². The van der Waals surface area contributed by atoms with E-state index < -0.39 is 0 Å². The van der Waals surface area contributed by atoms with Crippen LogP contribution in [0.4, 0.5) is 0 Å². The average Bonchev–Trinajstić information content (AvgIpc) is 3.39. The van der Waals surface area contributed by atoms with E-state index in [1.807, 2.05) is 24.3 Å². The van der Waals surface area contributed by atoms with Gasteiger partial charge in [0.2, 0.25) is 0 Å². The molecule has 2 heterocycles. The van der Waals surface area contributed by atoms with Gasteiger partial charge in [0.1, 0.15) is 23.3 Å². The Hall–Kier alpha value is -0.669. The van der Waals surface area contributed by atoms with Crippen LogP contribution in [0, 0.1) is 0 Å². The molecule has 2 aliphatic rings. The monoisotopic (exact) mass is 552 g/mol. The first-order valence-electron chi connectivity index (χ1n) is 11.8. The van der Waals surface area contributed by atoms with Gasteiger partial charge in [-0.25, -0.2) is 0 Å². The molecule has 2 aliphatic heterocycles. The number of amidine groups is 4. The molecule has 0 saturated heterocycles. The third-order valence-electron chi connectivity index (χ3n) is 4.49. The van der Waals surface area contributed by atoms with E-state index in [4.69, 9.17) is 0 Å². The molecule has 170 valence electrons. The molecule has 31 heavy (non-hydrogen) atoms. The summed E-state index contributed by atoms with van der Waals surface area (Å²) in [4.78, 5) is 17.7. The van der Waals surface area contributed by atoms with Crippen molar-refractivity contribution in [3.05, 3.63) is 24.3 Å². The van der Waals surface area contributed by atoms with Crippen molar-refractivity contribution in [2.45, 2.75) is 79.1 Å². The minimum Gasteiger partial charge on any atom is -0.326 e. The van der Waals surface area contributed by atoms with Crippen molar-refractivity contribution >= 4 is 72.2 Å². The Balaban J connectivity index is 0.000000562. The van der Waals surface area contributed by atoms with Crippen molar-refractivity contribution in [1.82, 2.24) is 10.6 Å². The zero-order valence-corrected chi connectivity index (χ0v) is 24.7. The first-order valence-corrected chi connectivity index (χ1v) is 11.8. The van der Waals surface area contributed by atoms with E-state index in [0.717, 1.165) is 75.2 Å². The Bertz CT molecular complexity index is 538. The van der Waals surface area contributed by atoms with Gasteiger partial charge < -0.3 is 10.6 Å². The Kier molecular flexibility index (Phi) is 20.7. The van der Waals surface area contributed by atoms with Crippen LogP contribution in [0.3, 0.4) is 0 Å². The predicted octanol–water partition coefficient (Wildman–Crippen LogP) is 4.71. The molecule has 0 fully saturated rings. The van der Waals surface area contributed by atoms with E-state index in [-0.39, 0.29) is 48.9 Å².